The normalized spacial score (nSPS) is 12.2. The van der Waals surface area contributed by atoms with E-state index in [4.69, 9.17) is 9.47 Å². The highest BCUT2D eigenvalue weighted by Crippen LogP contribution is 2.21. The summed E-state index contributed by atoms with van der Waals surface area (Å²) >= 11 is 0. The summed E-state index contributed by atoms with van der Waals surface area (Å²) in [5.74, 6) is 1.78. The third-order valence-corrected chi connectivity index (χ3v) is 10.4. The minimum atomic E-state index is 0.410. The second kappa shape index (κ2) is 39.6. The second-order valence-electron chi connectivity index (χ2n) is 19.8. The summed E-state index contributed by atoms with van der Waals surface area (Å²) in [7, 11) is 0. The van der Waals surface area contributed by atoms with Crippen molar-refractivity contribution in [3.8, 4) is 0 Å². The van der Waals surface area contributed by atoms with E-state index < -0.39 is 0 Å². The van der Waals surface area contributed by atoms with Crippen molar-refractivity contribution in [1.82, 2.24) is 0 Å². The van der Waals surface area contributed by atoms with Crippen LogP contribution in [0.15, 0.2) is 0 Å². The first-order valence-electron chi connectivity index (χ1n) is 23.5. The summed E-state index contributed by atoms with van der Waals surface area (Å²) in [6.45, 7) is 26.9. The Hall–Kier alpha value is -0.0800. The van der Waals surface area contributed by atoms with E-state index >= 15 is 0 Å². The van der Waals surface area contributed by atoms with Crippen molar-refractivity contribution in [1.29, 1.82) is 0 Å². The maximum absolute atomic E-state index is 5.74. The number of hydrogen-bond acceptors (Lipinski definition) is 2. The molecule has 2 heteroatoms. The van der Waals surface area contributed by atoms with Gasteiger partial charge in [0.1, 0.15) is 0 Å². The molecule has 0 fully saturated rings. The van der Waals surface area contributed by atoms with E-state index in [2.05, 4.69) is 69.2 Å². The highest BCUT2D eigenvalue weighted by atomic mass is 16.5. The average molecular weight is 723 g/mol. The molecule has 0 saturated heterocycles. The minimum absolute atomic E-state index is 0.410. The maximum Gasteiger partial charge on any atom is 0.0471 e. The molecule has 0 aromatic rings. The molecule has 0 N–H and O–H groups in total. The lowest BCUT2D eigenvalue weighted by atomic mass is 9.91. The zero-order chi connectivity index (χ0) is 38.3. The highest BCUT2D eigenvalue weighted by molar-refractivity contribution is 4.61. The van der Waals surface area contributed by atoms with Gasteiger partial charge in [-0.3, -0.25) is 0 Å². The number of rotatable bonds is 37. The van der Waals surface area contributed by atoms with Crippen LogP contribution in [-0.4, -0.2) is 26.4 Å². The Kier molecular flexibility index (Phi) is 41.2. The van der Waals surface area contributed by atoms with Gasteiger partial charge in [-0.2, -0.15) is 0 Å². The molecule has 0 aliphatic carbocycles. The highest BCUT2D eigenvalue weighted by Gasteiger charge is 2.09. The molecule has 0 unspecified atom stereocenters. The van der Waals surface area contributed by atoms with Gasteiger partial charge >= 0.3 is 0 Å². The van der Waals surface area contributed by atoms with Crippen LogP contribution in [0.4, 0.5) is 0 Å². The van der Waals surface area contributed by atoms with Crippen LogP contribution in [0.3, 0.4) is 0 Å². The fourth-order valence-electron chi connectivity index (χ4n) is 6.69. The van der Waals surface area contributed by atoms with E-state index in [1.165, 1.54) is 199 Å². The van der Waals surface area contributed by atoms with Gasteiger partial charge in [-0.1, -0.05) is 236 Å². The Morgan fingerprint density at radius 2 is 0.510 bits per heavy atom. The molecule has 0 spiro atoms. The van der Waals surface area contributed by atoms with Gasteiger partial charge in [0.05, 0.1) is 0 Å². The summed E-state index contributed by atoms with van der Waals surface area (Å²) in [4.78, 5) is 0. The van der Waals surface area contributed by atoms with Crippen molar-refractivity contribution in [2.45, 2.75) is 268 Å². The summed E-state index contributed by atoms with van der Waals surface area (Å²) in [5.41, 5.74) is 0.866. The van der Waals surface area contributed by atoms with Crippen LogP contribution >= 0.6 is 0 Å². The zero-order valence-electron chi connectivity index (χ0n) is 37.7. The molecule has 0 bridgehead atoms. The molecule has 0 rings (SSSR count). The molecule has 2 nitrogen and oxygen atoms in total. The van der Waals surface area contributed by atoms with Crippen molar-refractivity contribution >= 4 is 0 Å². The molecule has 0 aromatic heterocycles. The van der Waals surface area contributed by atoms with Gasteiger partial charge in [0, 0.05) is 26.4 Å². The van der Waals surface area contributed by atoms with E-state index in [1.807, 2.05) is 0 Å². The predicted molar refractivity (Wildman–Crippen MR) is 233 cm³/mol. The SMILES string of the molecule is CC(C)CCCCCCCCCCCCCCCCOCCC(C)(C)C.CC(C)CCCCCCCCCCCCCCOCCCC(C)(C)C. The largest absolute Gasteiger partial charge is 0.381 e. The molecule has 0 heterocycles. The average Bonchev–Trinajstić information content (AvgIpc) is 3.04. The number of hydrogen-bond donors (Lipinski definition) is 0. The Labute approximate surface area is 325 Å². The topological polar surface area (TPSA) is 18.5 Å². The molecule has 0 atom stereocenters. The molecular formula is C49H102O2. The summed E-state index contributed by atoms with van der Waals surface area (Å²) in [6, 6.07) is 0. The molecular weight excluding hydrogens is 621 g/mol. The Balaban J connectivity index is 0. The maximum atomic E-state index is 5.74. The Morgan fingerprint density at radius 1 is 0.275 bits per heavy atom. The monoisotopic (exact) mass is 723 g/mol. The minimum Gasteiger partial charge on any atom is -0.381 e. The van der Waals surface area contributed by atoms with Crippen molar-refractivity contribution < 1.29 is 9.47 Å². The summed E-state index contributed by atoms with van der Waals surface area (Å²) < 4.78 is 11.5. The van der Waals surface area contributed by atoms with Crippen LogP contribution in [0, 0.1) is 22.7 Å². The van der Waals surface area contributed by atoms with Gasteiger partial charge in [-0.05, 0) is 54.8 Å². The van der Waals surface area contributed by atoms with Gasteiger partial charge in [-0.25, -0.2) is 0 Å². The van der Waals surface area contributed by atoms with Gasteiger partial charge in [0.25, 0.3) is 0 Å². The third kappa shape index (κ3) is 56.8. The lowest BCUT2D eigenvalue weighted by Crippen LogP contribution is -2.09. The van der Waals surface area contributed by atoms with Crippen LogP contribution in [0.25, 0.3) is 0 Å². The molecule has 0 saturated carbocycles. The fourth-order valence-corrected chi connectivity index (χ4v) is 6.69. The van der Waals surface area contributed by atoms with Crippen molar-refractivity contribution in [2.75, 3.05) is 26.4 Å². The molecule has 310 valence electrons. The first-order valence-corrected chi connectivity index (χ1v) is 23.5. The number of unbranched alkanes of at least 4 members (excludes halogenated alkanes) is 24. The fraction of sp³-hybridized carbons (Fsp3) is 1.00. The molecule has 0 aromatic carbocycles. The van der Waals surface area contributed by atoms with Gasteiger partial charge in [-0.15, -0.1) is 0 Å². The van der Waals surface area contributed by atoms with Crippen LogP contribution < -0.4 is 0 Å². The second-order valence-corrected chi connectivity index (χ2v) is 19.8. The molecule has 0 aliphatic heterocycles. The van der Waals surface area contributed by atoms with Gasteiger partial charge < -0.3 is 9.47 Å². The van der Waals surface area contributed by atoms with Gasteiger partial charge in [0.2, 0.25) is 0 Å². The summed E-state index contributed by atoms with van der Waals surface area (Å²) in [6.07, 6.45) is 43.6. The molecule has 0 radical (unpaired) electrons. The smallest absolute Gasteiger partial charge is 0.0471 e. The Morgan fingerprint density at radius 3 is 0.784 bits per heavy atom. The van der Waals surface area contributed by atoms with Crippen molar-refractivity contribution in [3.63, 3.8) is 0 Å². The standard InChI is InChI=1S/C25H52O.C24H50O/c1-24(2)20-18-16-14-12-10-8-6-7-9-11-13-15-17-19-22-26-23-21-25(3,4)5;1-23(2)19-16-14-12-10-8-6-7-9-11-13-15-17-21-25-22-18-20-24(3,4)5/h24H,6-23H2,1-5H3;23H,6-22H2,1-5H3. The quantitative estimate of drug-likeness (QED) is 0.0594. The van der Waals surface area contributed by atoms with Crippen LogP contribution in [0.2, 0.25) is 0 Å². The van der Waals surface area contributed by atoms with Crippen LogP contribution in [-0.2, 0) is 9.47 Å². The third-order valence-electron chi connectivity index (χ3n) is 10.4. The van der Waals surface area contributed by atoms with E-state index in [0.29, 0.717) is 10.8 Å². The number of ether oxygens (including phenoxy) is 2. The van der Waals surface area contributed by atoms with E-state index in [1.54, 1.807) is 0 Å². The molecule has 51 heavy (non-hydrogen) atoms. The summed E-state index contributed by atoms with van der Waals surface area (Å²) in [5, 5.41) is 0. The molecule has 0 aliphatic rings. The first-order chi connectivity index (χ1) is 24.3. The van der Waals surface area contributed by atoms with Crippen molar-refractivity contribution in [3.05, 3.63) is 0 Å². The lowest BCUT2D eigenvalue weighted by molar-refractivity contribution is 0.105. The van der Waals surface area contributed by atoms with Crippen LogP contribution in [0.1, 0.15) is 268 Å². The van der Waals surface area contributed by atoms with Gasteiger partial charge in [0.15, 0.2) is 0 Å². The Bertz CT molecular complexity index is 625. The molecule has 0 amide bonds. The van der Waals surface area contributed by atoms with Crippen molar-refractivity contribution in [2.24, 2.45) is 22.7 Å². The van der Waals surface area contributed by atoms with E-state index in [0.717, 1.165) is 38.3 Å². The van der Waals surface area contributed by atoms with E-state index in [-0.39, 0.29) is 0 Å². The van der Waals surface area contributed by atoms with Crippen LogP contribution in [0.5, 0.6) is 0 Å². The lowest BCUT2D eigenvalue weighted by Gasteiger charge is -2.17. The first kappa shape index (κ1) is 53.0. The zero-order valence-corrected chi connectivity index (χ0v) is 37.7. The van der Waals surface area contributed by atoms with E-state index in [9.17, 15) is 0 Å². The predicted octanol–water partition coefficient (Wildman–Crippen LogP) is 17.5.